The van der Waals surface area contributed by atoms with Crippen molar-refractivity contribution >= 4 is 5.96 Å². The minimum atomic E-state index is -0.0540. The van der Waals surface area contributed by atoms with Crippen LogP contribution >= 0.6 is 0 Å². The van der Waals surface area contributed by atoms with Gasteiger partial charge in [0.05, 0.1) is 32.5 Å². The smallest absolute Gasteiger partial charge is 0.226 e. The number of ether oxygens (including phenoxy) is 2. The third-order valence-electron chi connectivity index (χ3n) is 4.77. The molecule has 0 spiro atoms. The second-order valence-corrected chi connectivity index (χ2v) is 6.91. The topological polar surface area (TPSA) is 80.9 Å². The molecule has 0 amide bonds. The molecule has 1 atom stereocenters. The maximum Gasteiger partial charge on any atom is 0.226 e. The van der Waals surface area contributed by atoms with Crippen LogP contribution in [0.15, 0.2) is 58.1 Å². The lowest BCUT2D eigenvalue weighted by Gasteiger charge is -2.20. The van der Waals surface area contributed by atoms with E-state index in [1.54, 1.807) is 27.5 Å². The minimum absolute atomic E-state index is 0.0540. The van der Waals surface area contributed by atoms with Crippen LogP contribution in [0.4, 0.5) is 0 Å². The molecule has 0 saturated heterocycles. The second-order valence-electron chi connectivity index (χ2n) is 6.91. The number of methoxy groups -OCH3 is 2. The number of aromatic nitrogens is 1. The average Bonchev–Trinajstić information content (AvgIpc) is 3.25. The molecule has 7 heteroatoms. The van der Waals surface area contributed by atoms with E-state index >= 15 is 0 Å². The largest absolute Gasteiger partial charge is 0.497 e. The molecule has 0 aliphatic heterocycles. The molecule has 158 valence electrons. The van der Waals surface area contributed by atoms with Gasteiger partial charge in [0.25, 0.3) is 0 Å². The van der Waals surface area contributed by atoms with Gasteiger partial charge in [-0.25, -0.2) is 4.98 Å². The van der Waals surface area contributed by atoms with Gasteiger partial charge in [-0.2, -0.15) is 0 Å². The van der Waals surface area contributed by atoms with Crippen LogP contribution in [0.1, 0.15) is 29.8 Å². The van der Waals surface area contributed by atoms with Gasteiger partial charge in [0.15, 0.2) is 5.96 Å². The van der Waals surface area contributed by atoms with Crippen molar-refractivity contribution in [3.8, 4) is 23.0 Å². The van der Waals surface area contributed by atoms with Gasteiger partial charge < -0.3 is 24.5 Å². The van der Waals surface area contributed by atoms with Crippen molar-refractivity contribution in [2.24, 2.45) is 4.99 Å². The number of nitrogens with zero attached hydrogens (tertiary/aromatic N) is 2. The zero-order valence-corrected chi connectivity index (χ0v) is 18.0. The third kappa shape index (κ3) is 5.11. The van der Waals surface area contributed by atoms with Crippen molar-refractivity contribution < 1.29 is 13.9 Å². The Morgan fingerprint density at radius 2 is 1.90 bits per heavy atom. The maximum atomic E-state index is 5.62. The number of oxazole rings is 1. The van der Waals surface area contributed by atoms with Gasteiger partial charge in [-0.05, 0) is 44.2 Å². The van der Waals surface area contributed by atoms with Gasteiger partial charge in [0.1, 0.15) is 17.8 Å². The van der Waals surface area contributed by atoms with Crippen LogP contribution in [-0.2, 0) is 6.54 Å². The number of guanidine groups is 1. The van der Waals surface area contributed by atoms with Gasteiger partial charge in [-0.1, -0.05) is 17.7 Å². The molecule has 0 aliphatic rings. The predicted octanol–water partition coefficient (Wildman–Crippen LogP) is 4.09. The molecule has 1 aromatic heterocycles. The minimum Gasteiger partial charge on any atom is -0.497 e. The number of hydrogen-bond donors (Lipinski definition) is 2. The van der Waals surface area contributed by atoms with E-state index in [0.717, 1.165) is 28.3 Å². The number of rotatable bonds is 7. The van der Waals surface area contributed by atoms with Crippen molar-refractivity contribution in [2.45, 2.75) is 26.4 Å². The molecule has 2 N–H and O–H groups in total. The Morgan fingerprint density at radius 3 is 2.57 bits per heavy atom. The van der Waals surface area contributed by atoms with E-state index in [-0.39, 0.29) is 6.04 Å². The Hall–Kier alpha value is -3.48. The van der Waals surface area contributed by atoms with E-state index in [1.807, 2.05) is 49.4 Å². The fraction of sp³-hybridized carbons (Fsp3) is 0.304. The summed E-state index contributed by atoms with van der Waals surface area (Å²) in [6.45, 7) is 4.57. The summed E-state index contributed by atoms with van der Waals surface area (Å²) in [4.78, 5) is 8.86. The summed E-state index contributed by atoms with van der Waals surface area (Å²) in [5.74, 6) is 2.80. The highest BCUT2D eigenvalue weighted by atomic mass is 16.5. The van der Waals surface area contributed by atoms with Crippen LogP contribution < -0.4 is 20.1 Å². The maximum absolute atomic E-state index is 5.62. The number of aliphatic imine (C=N–C) groups is 1. The molecule has 2 aromatic carbocycles. The fourth-order valence-corrected chi connectivity index (χ4v) is 3.05. The Balaban J connectivity index is 1.63. The molecule has 0 radical (unpaired) electrons. The van der Waals surface area contributed by atoms with Crippen molar-refractivity contribution in [2.75, 3.05) is 21.3 Å². The first kappa shape index (κ1) is 21.2. The Morgan fingerprint density at radius 1 is 1.13 bits per heavy atom. The van der Waals surface area contributed by atoms with Gasteiger partial charge in [-0.15, -0.1) is 0 Å². The first-order valence-corrected chi connectivity index (χ1v) is 9.74. The van der Waals surface area contributed by atoms with Crippen molar-refractivity contribution in [1.82, 2.24) is 15.6 Å². The van der Waals surface area contributed by atoms with Crippen molar-refractivity contribution in [1.29, 1.82) is 0 Å². The normalized spacial score (nSPS) is 12.4. The molecule has 0 aliphatic carbocycles. The van der Waals surface area contributed by atoms with Gasteiger partial charge >= 0.3 is 0 Å². The molecular formula is C23H28N4O3. The first-order valence-electron chi connectivity index (χ1n) is 9.74. The van der Waals surface area contributed by atoms with Crippen LogP contribution in [0, 0.1) is 6.92 Å². The molecule has 1 heterocycles. The molecule has 0 bridgehead atoms. The molecule has 0 saturated carbocycles. The van der Waals surface area contributed by atoms with E-state index < -0.39 is 0 Å². The van der Waals surface area contributed by atoms with Crippen molar-refractivity contribution in [3.05, 3.63) is 65.5 Å². The highest BCUT2D eigenvalue weighted by Gasteiger charge is 2.15. The second kappa shape index (κ2) is 9.82. The summed E-state index contributed by atoms with van der Waals surface area (Å²) < 4.78 is 16.4. The highest BCUT2D eigenvalue weighted by Crippen LogP contribution is 2.29. The lowest BCUT2D eigenvalue weighted by atomic mass is 10.1. The SMILES string of the molecule is CN=C(NCc1coc(-c2ccc(C)cc2)n1)NC(C)c1cc(OC)ccc1OC. The number of hydrogen-bond acceptors (Lipinski definition) is 5. The Bertz CT molecular complexity index is 996. The predicted molar refractivity (Wildman–Crippen MR) is 118 cm³/mol. The van der Waals surface area contributed by atoms with E-state index in [4.69, 9.17) is 13.9 Å². The molecule has 7 nitrogen and oxygen atoms in total. The van der Waals surface area contributed by atoms with Gasteiger partial charge in [0, 0.05) is 18.2 Å². The number of aryl methyl sites for hydroxylation is 1. The molecule has 3 aromatic rings. The van der Waals surface area contributed by atoms with E-state index in [1.165, 1.54) is 5.56 Å². The van der Waals surface area contributed by atoms with E-state index in [9.17, 15) is 0 Å². The lowest BCUT2D eigenvalue weighted by molar-refractivity contribution is 0.394. The van der Waals surface area contributed by atoms with Crippen LogP contribution in [0.3, 0.4) is 0 Å². The summed E-state index contributed by atoms with van der Waals surface area (Å²) in [6, 6.07) is 13.7. The zero-order valence-electron chi connectivity index (χ0n) is 18.0. The van der Waals surface area contributed by atoms with Crippen LogP contribution in [0.2, 0.25) is 0 Å². The monoisotopic (exact) mass is 408 g/mol. The van der Waals surface area contributed by atoms with Crippen LogP contribution in [0.5, 0.6) is 11.5 Å². The van der Waals surface area contributed by atoms with E-state index in [2.05, 4.69) is 27.5 Å². The van der Waals surface area contributed by atoms with E-state index in [0.29, 0.717) is 18.4 Å². The summed E-state index contributed by atoms with van der Waals surface area (Å²) in [5, 5.41) is 6.64. The summed E-state index contributed by atoms with van der Waals surface area (Å²) >= 11 is 0. The molecule has 0 fully saturated rings. The Labute approximate surface area is 177 Å². The first-order chi connectivity index (χ1) is 14.5. The van der Waals surface area contributed by atoms with Crippen LogP contribution in [-0.4, -0.2) is 32.2 Å². The Kier molecular flexibility index (Phi) is 6.95. The molecule has 30 heavy (non-hydrogen) atoms. The fourth-order valence-electron chi connectivity index (χ4n) is 3.05. The highest BCUT2D eigenvalue weighted by molar-refractivity contribution is 5.80. The summed E-state index contributed by atoms with van der Waals surface area (Å²) in [7, 11) is 5.03. The van der Waals surface area contributed by atoms with Crippen molar-refractivity contribution in [3.63, 3.8) is 0 Å². The summed E-state index contributed by atoms with van der Waals surface area (Å²) in [6.07, 6.45) is 1.66. The molecular weight excluding hydrogens is 380 g/mol. The van der Waals surface area contributed by atoms with Gasteiger partial charge in [-0.3, -0.25) is 4.99 Å². The quantitative estimate of drug-likeness (QED) is 0.453. The molecule has 3 rings (SSSR count). The molecule has 1 unspecified atom stereocenters. The number of nitrogens with one attached hydrogen (secondary N) is 2. The average molecular weight is 409 g/mol. The summed E-state index contributed by atoms with van der Waals surface area (Å²) in [5.41, 5.74) is 3.92. The third-order valence-corrected chi connectivity index (χ3v) is 4.77. The zero-order chi connectivity index (χ0) is 21.5. The lowest BCUT2D eigenvalue weighted by Crippen LogP contribution is -2.38. The number of benzene rings is 2. The van der Waals surface area contributed by atoms with Crippen LogP contribution in [0.25, 0.3) is 11.5 Å². The standard InChI is InChI=1S/C23H28N4O3/c1-15-6-8-17(9-7-15)22-27-18(14-30-22)13-25-23(24-3)26-16(2)20-12-19(28-4)10-11-21(20)29-5/h6-12,14,16H,13H2,1-5H3,(H2,24,25,26). The van der Waals surface area contributed by atoms with Gasteiger partial charge in [0.2, 0.25) is 5.89 Å².